The van der Waals surface area contributed by atoms with E-state index in [9.17, 15) is 0 Å². The lowest BCUT2D eigenvalue weighted by Gasteiger charge is -2.42. The molecule has 0 atom stereocenters. The van der Waals surface area contributed by atoms with Crippen LogP contribution in [0.4, 0.5) is 0 Å². The minimum Gasteiger partial charge on any atom is -0.496 e. The van der Waals surface area contributed by atoms with Crippen LogP contribution in [0.15, 0.2) is 54.6 Å². The third kappa shape index (κ3) is 3.41. The van der Waals surface area contributed by atoms with Gasteiger partial charge in [0.15, 0.2) is 0 Å². The third-order valence-corrected chi connectivity index (χ3v) is 5.13. The monoisotopic (exact) mass is 310 g/mol. The molecule has 0 spiro atoms. The zero-order valence-corrected chi connectivity index (χ0v) is 13.9. The molecule has 0 amide bonds. The number of nitrogens with two attached hydrogens (primary N) is 1. The zero-order chi connectivity index (χ0) is 16.1. The molecule has 0 aromatic heterocycles. The second-order valence-electron chi connectivity index (χ2n) is 6.45. The summed E-state index contributed by atoms with van der Waals surface area (Å²) in [6, 6.07) is 19.0. The molecule has 2 N–H and O–H groups in total. The van der Waals surface area contributed by atoms with E-state index >= 15 is 0 Å². The number of piperidine rings is 1. The van der Waals surface area contributed by atoms with Gasteiger partial charge in [-0.1, -0.05) is 48.5 Å². The molecule has 0 unspecified atom stereocenters. The van der Waals surface area contributed by atoms with Gasteiger partial charge >= 0.3 is 0 Å². The highest BCUT2D eigenvalue weighted by Gasteiger charge is 2.36. The molecule has 3 heteroatoms. The van der Waals surface area contributed by atoms with Crippen molar-refractivity contribution in [3.05, 3.63) is 65.7 Å². The summed E-state index contributed by atoms with van der Waals surface area (Å²) in [5.74, 6) is 0.967. The molecule has 1 heterocycles. The minimum absolute atomic E-state index is 0.0415. The van der Waals surface area contributed by atoms with Gasteiger partial charge in [-0.25, -0.2) is 0 Å². The summed E-state index contributed by atoms with van der Waals surface area (Å²) in [5, 5.41) is 0. The van der Waals surface area contributed by atoms with Crippen LogP contribution in [0.3, 0.4) is 0 Å². The van der Waals surface area contributed by atoms with E-state index in [0.29, 0.717) is 6.54 Å². The Hall–Kier alpha value is -1.84. The predicted octanol–water partition coefficient (Wildman–Crippen LogP) is 3.19. The van der Waals surface area contributed by atoms with Gasteiger partial charge in [0.05, 0.1) is 7.11 Å². The van der Waals surface area contributed by atoms with Gasteiger partial charge in [-0.15, -0.1) is 0 Å². The standard InChI is InChI=1S/C20H26N2O/c1-23-19-10-6-5-9-18(19)20(16-21)11-13-22(14-12-20)15-17-7-3-2-4-8-17/h2-10H,11-16,21H2,1H3. The molecule has 2 aromatic carbocycles. The molecule has 1 aliphatic heterocycles. The van der Waals surface area contributed by atoms with Crippen LogP contribution >= 0.6 is 0 Å². The van der Waals surface area contributed by atoms with Gasteiger partial charge in [0.25, 0.3) is 0 Å². The summed E-state index contributed by atoms with van der Waals surface area (Å²) < 4.78 is 5.58. The first-order valence-corrected chi connectivity index (χ1v) is 8.37. The Morgan fingerprint density at radius 2 is 1.65 bits per heavy atom. The molecule has 2 aromatic rings. The van der Waals surface area contributed by atoms with Crippen LogP contribution in [0.2, 0.25) is 0 Å². The molecule has 0 bridgehead atoms. The first-order valence-electron chi connectivity index (χ1n) is 8.37. The van der Waals surface area contributed by atoms with Crippen LogP contribution < -0.4 is 10.5 Å². The van der Waals surface area contributed by atoms with Gasteiger partial charge in [-0.05, 0) is 37.6 Å². The van der Waals surface area contributed by atoms with Gasteiger partial charge in [0.2, 0.25) is 0 Å². The number of hydrogen-bond donors (Lipinski definition) is 1. The van der Waals surface area contributed by atoms with Crippen molar-refractivity contribution in [1.29, 1.82) is 0 Å². The average Bonchev–Trinajstić information content (AvgIpc) is 2.63. The molecule has 1 saturated heterocycles. The maximum absolute atomic E-state index is 6.22. The lowest BCUT2D eigenvalue weighted by atomic mass is 9.72. The Morgan fingerprint density at radius 3 is 2.30 bits per heavy atom. The summed E-state index contributed by atoms with van der Waals surface area (Å²) in [4.78, 5) is 2.53. The molecule has 3 nitrogen and oxygen atoms in total. The fraction of sp³-hybridized carbons (Fsp3) is 0.400. The quantitative estimate of drug-likeness (QED) is 0.922. The van der Waals surface area contributed by atoms with Crippen LogP contribution in [0.25, 0.3) is 0 Å². The molecule has 1 fully saturated rings. The predicted molar refractivity (Wildman–Crippen MR) is 94.7 cm³/mol. The smallest absolute Gasteiger partial charge is 0.122 e. The molecule has 122 valence electrons. The highest BCUT2D eigenvalue weighted by atomic mass is 16.5. The van der Waals surface area contributed by atoms with E-state index in [2.05, 4.69) is 47.4 Å². The van der Waals surface area contributed by atoms with Crippen LogP contribution in [-0.4, -0.2) is 31.6 Å². The van der Waals surface area contributed by atoms with Crippen LogP contribution in [0.1, 0.15) is 24.0 Å². The SMILES string of the molecule is COc1ccccc1C1(CN)CCN(Cc2ccccc2)CC1. The van der Waals surface area contributed by atoms with Gasteiger partial charge < -0.3 is 10.5 Å². The number of ether oxygens (including phenoxy) is 1. The molecule has 0 saturated carbocycles. The largest absolute Gasteiger partial charge is 0.496 e. The lowest BCUT2D eigenvalue weighted by Crippen LogP contribution is -2.46. The number of hydrogen-bond acceptors (Lipinski definition) is 3. The third-order valence-electron chi connectivity index (χ3n) is 5.13. The topological polar surface area (TPSA) is 38.5 Å². The first-order chi connectivity index (χ1) is 11.3. The molecule has 23 heavy (non-hydrogen) atoms. The van der Waals surface area contributed by atoms with Crippen LogP contribution in [-0.2, 0) is 12.0 Å². The summed E-state index contributed by atoms with van der Waals surface area (Å²) in [6.07, 6.45) is 2.16. The lowest BCUT2D eigenvalue weighted by molar-refractivity contribution is 0.154. The fourth-order valence-corrected chi connectivity index (χ4v) is 3.65. The van der Waals surface area contributed by atoms with Gasteiger partial charge in [-0.3, -0.25) is 4.90 Å². The number of methoxy groups -OCH3 is 1. The van der Waals surface area contributed by atoms with E-state index in [0.717, 1.165) is 38.2 Å². The van der Waals surface area contributed by atoms with Crippen molar-refractivity contribution in [1.82, 2.24) is 4.90 Å². The Bertz CT molecular complexity index is 619. The summed E-state index contributed by atoms with van der Waals surface area (Å²) in [6.45, 7) is 3.84. The number of likely N-dealkylation sites (tertiary alicyclic amines) is 1. The molecule has 1 aliphatic rings. The van der Waals surface area contributed by atoms with Crippen LogP contribution in [0, 0.1) is 0 Å². The maximum atomic E-state index is 6.22. The summed E-state index contributed by atoms with van der Waals surface area (Å²) >= 11 is 0. The van der Waals surface area contributed by atoms with Crippen molar-refractivity contribution in [2.75, 3.05) is 26.7 Å². The van der Waals surface area contributed by atoms with Gasteiger partial charge in [0.1, 0.15) is 5.75 Å². The Morgan fingerprint density at radius 1 is 1.00 bits per heavy atom. The molecule has 0 radical (unpaired) electrons. The zero-order valence-electron chi connectivity index (χ0n) is 13.9. The Balaban J connectivity index is 1.72. The number of rotatable bonds is 5. The van der Waals surface area contributed by atoms with E-state index in [4.69, 9.17) is 10.5 Å². The second-order valence-corrected chi connectivity index (χ2v) is 6.45. The Kier molecular flexibility index (Phi) is 4.99. The van der Waals surface area contributed by atoms with Crippen LogP contribution in [0.5, 0.6) is 5.75 Å². The minimum atomic E-state index is 0.0415. The summed E-state index contributed by atoms with van der Waals surface area (Å²) in [7, 11) is 1.74. The van der Waals surface area contributed by atoms with Gasteiger partial charge in [0, 0.05) is 24.1 Å². The van der Waals surface area contributed by atoms with Crippen molar-refractivity contribution < 1.29 is 4.74 Å². The van der Waals surface area contributed by atoms with E-state index in [1.54, 1.807) is 7.11 Å². The van der Waals surface area contributed by atoms with Crippen molar-refractivity contribution in [3.63, 3.8) is 0 Å². The Labute approximate surface area is 139 Å². The number of para-hydroxylation sites is 1. The van der Waals surface area contributed by atoms with Crippen molar-refractivity contribution in [2.24, 2.45) is 5.73 Å². The fourth-order valence-electron chi connectivity index (χ4n) is 3.65. The maximum Gasteiger partial charge on any atom is 0.122 e. The molecular formula is C20H26N2O. The number of benzene rings is 2. The highest BCUT2D eigenvalue weighted by Crippen LogP contribution is 2.39. The van der Waals surface area contributed by atoms with E-state index in [1.165, 1.54) is 11.1 Å². The van der Waals surface area contributed by atoms with Crippen molar-refractivity contribution in [2.45, 2.75) is 24.8 Å². The van der Waals surface area contributed by atoms with Crippen molar-refractivity contribution in [3.8, 4) is 5.75 Å². The molecule has 3 rings (SSSR count). The highest BCUT2D eigenvalue weighted by molar-refractivity contribution is 5.40. The van der Waals surface area contributed by atoms with E-state index < -0.39 is 0 Å². The summed E-state index contributed by atoms with van der Waals surface area (Å²) in [5.41, 5.74) is 8.91. The first kappa shape index (κ1) is 16.0. The van der Waals surface area contributed by atoms with Crippen molar-refractivity contribution >= 4 is 0 Å². The number of nitrogens with zero attached hydrogens (tertiary/aromatic N) is 1. The second kappa shape index (κ2) is 7.16. The normalized spacial score (nSPS) is 17.8. The molecule has 0 aliphatic carbocycles. The average molecular weight is 310 g/mol. The van der Waals surface area contributed by atoms with E-state index in [-0.39, 0.29) is 5.41 Å². The van der Waals surface area contributed by atoms with E-state index in [1.807, 2.05) is 12.1 Å². The van der Waals surface area contributed by atoms with Gasteiger partial charge in [-0.2, -0.15) is 0 Å². The molecular weight excluding hydrogens is 284 g/mol.